The van der Waals surface area contributed by atoms with Crippen molar-refractivity contribution in [1.29, 1.82) is 0 Å². The molecule has 0 spiro atoms. The maximum atomic E-state index is 12.3. The monoisotopic (exact) mass is 346 g/mol. The van der Waals surface area contributed by atoms with Gasteiger partial charge in [-0.05, 0) is 25.8 Å². The van der Waals surface area contributed by atoms with Gasteiger partial charge in [0.15, 0.2) is 0 Å². The zero-order chi connectivity index (χ0) is 18.4. The molecular formula is C23H38O2. The van der Waals surface area contributed by atoms with Crippen LogP contribution in [0.5, 0.6) is 0 Å². The highest BCUT2D eigenvalue weighted by Crippen LogP contribution is 2.26. The van der Waals surface area contributed by atoms with E-state index in [1.165, 1.54) is 57.8 Å². The van der Waals surface area contributed by atoms with Crippen LogP contribution in [0.1, 0.15) is 97.0 Å². The van der Waals surface area contributed by atoms with E-state index in [4.69, 9.17) is 4.74 Å². The Morgan fingerprint density at radius 2 is 1.36 bits per heavy atom. The van der Waals surface area contributed by atoms with Gasteiger partial charge >= 0.3 is 5.97 Å². The van der Waals surface area contributed by atoms with Crippen molar-refractivity contribution in [1.82, 2.24) is 0 Å². The number of rotatable bonds is 14. The molecule has 0 fully saturated rings. The van der Waals surface area contributed by atoms with Crippen molar-refractivity contribution in [3.05, 3.63) is 35.9 Å². The van der Waals surface area contributed by atoms with E-state index >= 15 is 0 Å². The van der Waals surface area contributed by atoms with Crippen LogP contribution in [0.25, 0.3) is 0 Å². The molecule has 0 aliphatic rings. The molecule has 0 atom stereocenters. The van der Waals surface area contributed by atoms with Gasteiger partial charge in [-0.25, -0.2) is 0 Å². The van der Waals surface area contributed by atoms with Crippen LogP contribution in [-0.2, 0) is 16.1 Å². The normalized spacial score (nSPS) is 11.5. The first-order valence-corrected chi connectivity index (χ1v) is 10.3. The van der Waals surface area contributed by atoms with Gasteiger partial charge in [-0.2, -0.15) is 0 Å². The van der Waals surface area contributed by atoms with E-state index in [0.717, 1.165) is 18.4 Å². The van der Waals surface area contributed by atoms with Crippen LogP contribution >= 0.6 is 0 Å². The van der Waals surface area contributed by atoms with E-state index in [2.05, 4.69) is 6.92 Å². The summed E-state index contributed by atoms with van der Waals surface area (Å²) in [5.41, 5.74) is 0.667. The van der Waals surface area contributed by atoms with Crippen molar-refractivity contribution < 1.29 is 9.53 Å². The number of hydrogen-bond acceptors (Lipinski definition) is 2. The summed E-state index contributed by atoms with van der Waals surface area (Å²) in [6.45, 7) is 6.65. The standard InChI is InChI=1S/C23H38O2/c1-4-5-6-7-8-9-10-11-12-16-19-23(2,3)22(24)25-20-21-17-14-13-15-18-21/h13-15,17-18H,4-12,16,19-20H2,1-3H3. The number of unbranched alkanes of at least 4 members (excludes halogenated alkanes) is 9. The summed E-state index contributed by atoms with van der Waals surface area (Å²) in [4.78, 5) is 12.3. The average molecular weight is 347 g/mol. The minimum absolute atomic E-state index is 0.0766. The molecule has 25 heavy (non-hydrogen) atoms. The summed E-state index contributed by atoms with van der Waals surface area (Å²) in [6.07, 6.45) is 14.1. The van der Waals surface area contributed by atoms with E-state index in [9.17, 15) is 4.79 Å². The number of hydrogen-bond donors (Lipinski definition) is 0. The van der Waals surface area contributed by atoms with E-state index in [-0.39, 0.29) is 11.4 Å². The first kappa shape index (κ1) is 21.7. The van der Waals surface area contributed by atoms with Gasteiger partial charge in [-0.15, -0.1) is 0 Å². The second-order valence-electron chi connectivity index (χ2n) is 7.88. The summed E-state index contributed by atoms with van der Waals surface area (Å²) in [5, 5.41) is 0. The van der Waals surface area contributed by atoms with Gasteiger partial charge in [0.25, 0.3) is 0 Å². The SMILES string of the molecule is CCCCCCCCCCCCC(C)(C)C(=O)OCc1ccccc1. The van der Waals surface area contributed by atoms with Crippen molar-refractivity contribution in [2.45, 2.75) is 98.0 Å². The minimum Gasteiger partial charge on any atom is -0.460 e. The van der Waals surface area contributed by atoms with Gasteiger partial charge in [-0.3, -0.25) is 4.79 Å². The quantitative estimate of drug-likeness (QED) is 0.266. The molecule has 0 amide bonds. The Morgan fingerprint density at radius 1 is 0.840 bits per heavy atom. The zero-order valence-electron chi connectivity index (χ0n) is 16.7. The van der Waals surface area contributed by atoms with Crippen LogP contribution in [0, 0.1) is 5.41 Å². The predicted molar refractivity (Wildman–Crippen MR) is 106 cm³/mol. The van der Waals surface area contributed by atoms with E-state index in [0.29, 0.717) is 6.61 Å². The first-order chi connectivity index (χ1) is 12.1. The topological polar surface area (TPSA) is 26.3 Å². The van der Waals surface area contributed by atoms with Gasteiger partial charge < -0.3 is 4.74 Å². The Labute approximate surface area is 155 Å². The Hall–Kier alpha value is -1.31. The molecule has 0 unspecified atom stereocenters. The minimum atomic E-state index is -0.380. The summed E-state index contributed by atoms with van der Waals surface area (Å²) >= 11 is 0. The zero-order valence-corrected chi connectivity index (χ0v) is 16.7. The molecule has 0 radical (unpaired) electrons. The Kier molecular flexibility index (Phi) is 11.3. The number of carbonyl (C=O) groups excluding carboxylic acids is 1. The number of carbonyl (C=O) groups is 1. The third kappa shape index (κ3) is 10.3. The predicted octanol–water partition coefficient (Wildman–Crippen LogP) is 7.07. The summed E-state index contributed by atoms with van der Waals surface area (Å²) < 4.78 is 5.50. The number of benzene rings is 1. The van der Waals surface area contributed by atoms with E-state index in [1.807, 2.05) is 44.2 Å². The van der Waals surface area contributed by atoms with Gasteiger partial charge in [0, 0.05) is 0 Å². The molecule has 0 aliphatic heterocycles. The third-order valence-corrected chi connectivity index (χ3v) is 4.92. The maximum Gasteiger partial charge on any atom is 0.311 e. The molecule has 0 saturated heterocycles. The fraction of sp³-hybridized carbons (Fsp3) is 0.696. The molecule has 1 aromatic carbocycles. The highest BCUT2D eigenvalue weighted by molar-refractivity contribution is 5.75. The van der Waals surface area contributed by atoms with Crippen LogP contribution in [0.15, 0.2) is 30.3 Å². The summed E-state index contributed by atoms with van der Waals surface area (Å²) in [7, 11) is 0. The van der Waals surface area contributed by atoms with Gasteiger partial charge in [0.2, 0.25) is 0 Å². The molecule has 2 heteroatoms. The molecule has 142 valence electrons. The van der Waals surface area contributed by atoms with Crippen molar-refractivity contribution in [3.8, 4) is 0 Å². The van der Waals surface area contributed by atoms with Crippen molar-refractivity contribution in [2.75, 3.05) is 0 Å². The molecule has 0 saturated carbocycles. The second kappa shape index (κ2) is 13.0. The largest absolute Gasteiger partial charge is 0.460 e. The summed E-state index contributed by atoms with van der Waals surface area (Å²) in [6, 6.07) is 9.89. The molecule has 1 aromatic rings. The van der Waals surface area contributed by atoms with Crippen LogP contribution in [0.2, 0.25) is 0 Å². The number of esters is 1. The van der Waals surface area contributed by atoms with Crippen molar-refractivity contribution in [2.24, 2.45) is 5.41 Å². The smallest absolute Gasteiger partial charge is 0.311 e. The van der Waals surface area contributed by atoms with E-state index in [1.54, 1.807) is 0 Å². The lowest BCUT2D eigenvalue weighted by molar-refractivity contribution is -0.155. The molecule has 0 heterocycles. The van der Waals surface area contributed by atoms with Crippen LogP contribution in [-0.4, -0.2) is 5.97 Å². The highest BCUT2D eigenvalue weighted by atomic mass is 16.5. The molecule has 0 N–H and O–H groups in total. The Morgan fingerprint density at radius 3 is 1.92 bits per heavy atom. The molecular weight excluding hydrogens is 308 g/mol. The lowest BCUT2D eigenvalue weighted by atomic mass is 9.87. The van der Waals surface area contributed by atoms with E-state index < -0.39 is 0 Å². The fourth-order valence-electron chi connectivity index (χ4n) is 3.07. The van der Waals surface area contributed by atoms with Crippen LogP contribution in [0.4, 0.5) is 0 Å². The van der Waals surface area contributed by atoms with Crippen molar-refractivity contribution >= 4 is 5.97 Å². The van der Waals surface area contributed by atoms with Crippen LogP contribution in [0.3, 0.4) is 0 Å². The van der Waals surface area contributed by atoms with Gasteiger partial charge in [-0.1, -0.05) is 101 Å². The second-order valence-corrected chi connectivity index (χ2v) is 7.88. The molecule has 0 aliphatic carbocycles. The van der Waals surface area contributed by atoms with Gasteiger partial charge in [0.1, 0.15) is 6.61 Å². The maximum absolute atomic E-state index is 12.3. The van der Waals surface area contributed by atoms with Crippen LogP contribution < -0.4 is 0 Å². The molecule has 2 nitrogen and oxygen atoms in total. The lowest BCUT2D eigenvalue weighted by Crippen LogP contribution is -2.26. The molecule has 0 bridgehead atoms. The van der Waals surface area contributed by atoms with Gasteiger partial charge in [0.05, 0.1) is 5.41 Å². The summed E-state index contributed by atoms with van der Waals surface area (Å²) in [5.74, 6) is -0.0766. The first-order valence-electron chi connectivity index (χ1n) is 10.3. The highest BCUT2D eigenvalue weighted by Gasteiger charge is 2.28. The fourth-order valence-corrected chi connectivity index (χ4v) is 3.07. The molecule has 0 aromatic heterocycles. The van der Waals surface area contributed by atoms with Crippen molar-refractivity contribution in [3.63, 3.8) is 0 Å². The lowest BCUT2D eigenvalue weighted by Gasteiger charge is -2.22. The average Bonchev–Trinajstić information content (AvgIpc) is 2.62. The number of ether oxygens (including phenoxy) is 1. The third-order valence-electron chi connectivity index (χ3n) is 4.92. The Balaban J connectivity index is 2.07. The molecule has 1 rings (SSSR count). The Bertz CT molecular complexity index is 450.